The summed E-state index contributed by atoms with van der Waals surface area (Å²) in [5.74, 6) is -0.867. The topological polar surface area (TPSA) is 47.6 Å². The minimum atomic E-state index is -0.789. The molecule has 2 aromatic carbocycles. The van der Waals surface area contributed by atoms with Crippen LogP contribution in [0.4, 0.5) is 8.78 Å². The molecule has 1 N–H and O–H groups in total. The standard InChI is InChI=1S/C15H11F2NO3/c16-11-4-10(5-12(17)6-11)15(19)18-7-9-1-2-13-14(3-9)21-8-20-13/h1-6H,7-8H2,(H,18,19). The van der Waals surface area contributed by atoms with Crippen molar-refractivity contribution in [3.05, 3.63) is 59.2 Å². The Kier molecular flexibility index (Phi) is 3.43. The summed E-state index contributed by atoms with van der Waals surface area (Å²) in [4.78, 5) is 11.9. The van der Waals surface area contributed by atoms with E-state index in [0.29, 0.717) is 17.6 Å². The molecule has 2 aromatic rings. The zero-order valence-corrected chi connectivity index (χ0v) is 10.9. The van der Waals surface area contributed by atoms with E-state index in [1.165, 1.54) is 0 Å². The van der Waals surface area contributed by atoms with Gasteiger partial charge in [-0.15, -0.1) is 0 Å². The van der Waals surface area contributed by atoms with Crippen LogP contribution in [0.25, 0.3) is 0 Å². The third-order valence-corrected chi connectivity index (χ3v) is 3.01. The predicted octanol–water partition coefficient (Wildman–Crippen LogP) is 2.62. The number of fused-ring (bicyclic) bond motifs is 1. The molecule has 0 aliphatic carbocycles. The molecule has 4 nitrogen and oxygen atoms in total. The monoisotopic (exact) mass is 291 g/mol. The Hall–Kier alpha value is -2.63. The van der Waals surface area contributed by atoms with Crippen LogP contribution < -0.4 is 14.8 Å². The molecule has 1 aliphatic heterocycles. The zero-order valence-electron chi connectivity index (χ0n) is 10.9. The van der Waals surface area contributed by atoms with Crippen LogP contribution in [0.3, 0.4) is 0 Å². The molecule has 6 heteroatoms. The fraction of sp³-hybridized carbons (Fsp3) is 0.133. The molecule has 0 atom stereocenters. The molecule has 108 valence electrons. The minimum absolute atomic E-state index is 0.0618. The first-order valence-electron chi connectivity index (χ1n) is 6.24. The molecule has 0 radical (unpaired) electrons. The summed E-state index contributed by atoms with van der Waals surface area (Å²) in [6.45, 7) is 0.390. The Morgan fingerprint density at radius 2 is 1.76 bits per heavy atom. The Balaban J connectivity index is 1.68. The quantitative estimate of drug-likeness (QED) is 0.945. The van der Waals surface area contributed by atoms with E-state index in [1.54, 1.807) is 18.2 Å². The number of nitrogens with one attached hydrogen (secondary N) is 1. The molecule has 1 heterocycles. The second-order valence-corrected chi connectivity index (χ2v) is 4.53. The fourth-order valence-electron chi connectivity index (χ4n) is 2.02. The molecule has 0 aromatic heterocycles. The number of carbonyl (C=O) groups is 1. The van der Waals surface area contributed by atoms with Gasteiger partial charge in [-0.2, -0.15) is 0 Å². The van der Waals surface area contributed by atoms with Gasteiger partial charge in [0.15, 0.2) is 11.5 Å². The van der Waals surface area contributed by atoms with Gasteiger partial charge in [-0.25, -0.2) is 8.78 Å². The second-order valence-electron chi connectivity index (χ2n) is 4.53. The predicted molar refractivity (Wildman–Crippen MR) is 70.1 cm³/mol. The van der Waals surface area contributed by atoms with Crippen LogP contribution in [0.2, 0.25) is 0 Å². The largest absolute Gasteiger partial charge is 0.454 e. The molecule has 0 saturated heterocycles. The van der Waals surface area contributed by atoms with Crippen molar-refractivity contribution in [1.82, 2.24) is 5.32 Å². The molecule has 1 aliphatic rings. The molecule has 0 bridgehead atoms. The van der Waals surface area contributed by atoms with Crippen LogP contribution in [0, 0.1) is 11.6 Å². The summed E-state index contributed by atoms with van der Waals surface area (Å²) in [6, 6.07) is 7.95. The molecule has 0 unspecified atom stereocenters. The van der Waals surface area contributed by atoms with E-state index in [2.05, 4.69) is 5.32 Å². The average molecular weight is 291 g/mol. The van der Waals surface area contributed by atoms with Crippen molar-refractivity contribution in [3.63, 3.8) is 0 Å². The van der Waals surface area contributed by atoms with E-state index >= 15 is 0 Å². The van der Waals surface area contributed by atoms with Crippen LogP contribution in [0.15, 0.2) is 36.4 Å². The van der Waals surface area contributed by atoms with Gasteiger partial charge in [0.05, 0.1) is 0 Å². The number of hydrogen-bond acceptors (Lipinski definition) is 3. The van der Waals surface area contributed by atoms with Crippen molar-refractivity contribution in [1.29, 1.82) is 0 Å². The van der Waals surface area contributed by atoms with Crippen molar-refractivity contribution in [3.8, 4) is 11.5 Å². The highest BCUT2D eigenvalue weighted by Gasteiger charge is 2.14. The smallest absolute Gasteiger partial charge is 0.251 e. The maximum atomic E-state index is 13.1. The van der Waals surface area contributed by atoms with Crippen LogP contribution in [-0.2, 0) is 6.54 Å². The molecule has 3 rings (SSSR count). The van der Waals surface area contributed by atoms with Gasteiger partial charge >= 0.3 is 0 Å². The Labute approximate surface area is 119 Å². The lowest BCUT2D eigenvalue weighted by atomic mass is 10.1. The minimum Gasteiger partial charge on any atom is -0.454 e. The summed E-state index contributed by atoms with van der Waals surface area (Å²) >= 11 is 0. The van der Waals surface area contributed by atoms with E-state index in [1.807, 2.05) is 0 Å². The van der Waals surface area contributed by atoms with Crippen molar-refractivity contribution in [2.75, 3.05) is 6.79 Å². The highest BCUT2D eigenvalue weighted by atomic mass is 19.1. The van der Waals surface area contributed by atoms with Crippen molar-refractivity contribution < 1.29 is 23.0 Å². The van der Waals surface area contributed by atoms with Crippen LogP contribution in [-0.4, -0.2) is 12.7 Å². The second kappa shape index (κ2) is 5.40. The third kappa shape index (κ3) is 2.94. The summed E-state index contributed by atoms with van der Waals surface area (Å²) in [5.41, 5.74) is 0.734. The highest BCUT2D eigenvalue weighted by molar-refractivity contribution is 5.94. The van der Waals surface area contributed by atoms with E-state index in [-0.39, 0.29) is 18.9 Å². The number of carbonyl (C=O) groups excluding carboxylic acids is 1. The first-order chi connectivity index (χ1) is 10.1. The van der Waals surface area contributed by atoms with E-state index in [4.69, 9.17) is 9.47 Å². The Morgan fingerprint density at radius 1 is 1.05 bits per heavy atom. The third-order valence-electron chi connectivity index (χ3n) is 3.01. The fourth-order valence-corrected chi connectivity index (χ4v) is 2.02. The molecule has 1 amide bonds. The highest BCUT2D eigenvalue weighted by Crippen LogP contribution is 2.32. The lowest BCUT2D eigenvalue weighted by Crippen LogP contribution is -2.23. The summed E-state index contributed by atoms with van der Waals surface area (Å²) < 4.78 is 36.5. The van der Waals surface area contributed by atoms with Gasteiger partial charge in [0.1, 0.15) is 11.6 Å². The van der Waals surface area contributed by atoms with Crippen LogP contribution >= 0.6 is 0 Å². The molecule has 0 fully saturated rings. The molecule has 0 spiro atoms. The summed E-state index contributed by atoms with van der Waals surface area (Å²) in [6.07, 6.45) is 0. The summed E-state index contributed by atoms with van der Waals surface area (Å²) in [7, 11) is 0. The number of ether oxygens (including phenoxy) is 2. The number of hydrogen-bond donors (Lipinski definition) is 1. The number of amides is 1. The van der Waals surface area contributed by atoms with Gasteiger partial charge in [0.25, 0.3) is 5.91 Å². The first kappa shape index (κ1) is 13.4. The van der Waals surface area contributed by atoms with Crippen LogP contribution in [0.5, 0.6) is 11.5 Å². The molecule has 0 saturated carbocycles. The SMILES string of the molecule is O=C(NCc1ccc2c(c1)OCO2)c1cc(F)cc(F)c1. The van der Waals surface area contributed by atoms with Crippen molar-refractivity contribution in [2.45, 2.75) is 6.54 Å². The molecule has 21 heavy (non-hydrogen) atoms. The van der Waals surface area contributed by atoms with E-state index in [9.17, 15) is 13.6 Å². The van der Waals surface area contributed by atoms with Gasteiger partial charge in [0.2, 0.25) is 6.79 Å². The van der Waals surface area contributed by atoms with Crippen molar-refractivity contribution >= 4 is 5.91 Å². The van der Waals surface area contributed by atoms with E-state index in [0.717, 1.165) is 17.7 Å². The van der Waals surface area contributed by atoms with E-state index < -0.39 is 17.5 Å². The first-order valence-corrected chi connectivity index (χ1v) is 6.24. The number of rotatable bonds is 3. The summed E-state index contributed by atoms with van der Waals surface area (Å²) in [5, 5.41) is 2.59. The van der Waals surface area contributed by atoms with Gasteiger partial charge in [-0.3, -0.25) is 4.79 Å². The number of benzene rings is 2. The van der Waals surface area contributed by atoms with Crippen molar-refractivity contribution in [2.24, 2.45) is 0 Å². The Bertz CT molecular complexity index is 683. The lowest BCUT2D eigenvalue weighted by molar-refractivity contribution is 0.0950. The molecular weight excluding hydrogens is 280 g/mol. The van der Waals surface area contributed by atoms with Gasteiger partial charge in [0, 0.05) is 18.2 Å². The maximum absolute atomic E-state index is 13.1. The normalized spacial score (nSPS) is 12.3. The maximum Gasteiger partial charge on any atom is 0.251 e. The Morgan fingerprint density at radius 3 is 2.52 bits per heavy atom. The van der Waals surface area contributed by atoms with Gasteiger partial charge in [-0.1, -0.05) is 6.07 Å². The lowest BCUT2D eigenvalue weighted by Gasteiger charge is -2.06. The van der Waals surface area contributed by atoms with Crippen LogP contribution in [0.1, 0.15) is 15.9 Å². The average Bonchev–Trinajstić information content (AvgIpc) is 2.91. The zero-order chi connectivity index (χ0) is 14.8. The molecular formula is C15H11F2NO3. The van der Waals surface area contributed by atoms with Gasteiger partial charge in [-0.05, 0) is 29.8 Å². The van der Waals surface area contributed by atoms with Gasteiger partial charge < -0.3 is 14.8 Å². The number of halogens is 2.